The number of nitrogens with two attached hydrogens (primary N) is 1. The molecule has 0 aliphatic rings. The molecule has 2 N–H and O–H groups in total. The van der Waals surface area contributed by atoms with Gasteiger partial charge in [-0.3, -0.25) is 0 Å². The van der Waals surface area contributed by atoms with Gasteiger partial charge in [0.15, 0.2) is 0 Å². The van der Waals surface area contributed by atoms with Crippen LogP contribution in [0.5, 0.6) is 5.75 Å². The van der Waals surface area contributed by atoms with Crippen LogP contribution in [0.15, 0.2) is 48.5 Å². The summed E-state index contributed by atoms with van der Waals surface area (Å²) >= 11 is 0. The van der Waals surface area contributed by atoms with Gasteiger partial charge in [0.2, 0.25) is 0 Å². The van der Waals surface area contributed by atoms with E-state index in [2.05, 4.69) is 48.2 Å². The monoisotopic (exact) mass is 284 g/mol. The maximum Gasteiger partial charge on any atom is 0.118 e. The van der Waals surface area contributed by atoms with Gasteiger partial charge in [-0.2, -0.15) is 0 Å². The normalized spacial score (nSPS) is 10.4. The van der Waals surface area contributed by atoms with Crippen molar-refractivity contribution in [3.63, 3.8) is 0 Å². The molecule has 3 nitrogen and oxygen atoms in total. The van der Waals surface area contributed by atoms with E-state index in [4.69, 9.17) is 10.5 Å². The molecule has 0 fully saturated rings. The van der Waals surface area contributed by atoms with Crippen LogP contribution in [-0.2, 0) is 6.54 Å². The lowest BCUT2D eigenvalue weighted by Crippen LogP contribution is -2.25. The quantitative estimate of drug-likeness (QED) is 0.847. The van der Waals surface area contributed by atoms with Crippen LogP contribution in [0.4, 0.5) is 5.69 Å². The number of anilines is 1. The highest BCUT2D eigenvalue weighted by Gasteiger charge is 2.07. The van der Waals surface area contributed by atoms with Crippen molar-refractivity contribution >= 4 is 5.69 Å². The van der Waals surface area contributed by atoms with E-state index in [1.54, 1.807) is 7.11 Å². The first kappa shape index (κ1) is 15.4. The largest absolute Gasteiger partial charge is 0.497 e. The highest BCUT2D eigenvalue weighted by Crippen LogP contribution is 2.20. The lowest BCUT2D eigenvalue weighted by Gasteiger charge is -2.25. The van der Waals surface area contributed by atoms with E-state index in [1.807, 2.05) is 12.1 Å². The maximum absolute atomic E-state index is 5.67. The second-order valence-corrected chi connectivity index (χ2v) is 5.25. The van der Waals surface area contributed by atoms with Crippen LogP contribution in [0.2, 0.25) is 0 Å². The average Bonchev–Trinajstić information content (AvgIpc) is 2.52. The summed E-state index contributed by atoms with van der Waals surface area (Å²) in [4.78, 5) is 2.38. The molecule has 0 saturated carbocycles. The van der Waals surface area contributed by atoms with Gasteiger partial charge in [-0.25, -0.2) is 0 Å². The van der Waals surface area contributed by atoms with E-state index >= 15 is 0 Å². The van der Waals surface area contributed by atoms with Gasteiger partial charge >= 0.3 is 0 Å². The Bertz CT molecular complexity index is 551. The molecule has 0 heterocycles. The van der Waals surface area contributed by atoms with E-state index in [0.717, 1.165) is 25.3 Å². The van der Waals surface area contributed by atoms with Crippen molar-refractivity contribution in [1.82, 2.24) is 0 Å². The standard InChI is InChI=1S/C18H24N2O/c1-15-5-3-6-17(13-15)20(12-4-11-19)14-16-7-9-18(21-2)10-8-16/h3,5-10,13H,4,11-12,14,19H2,1-2H3. The van der Waals surface area contributed by atoms with Crippen LogP contribution in [-0.4, -0.2) is 20.2 Å². The number of rotatable bonds is 7. The summed E-state index contributed by atoms with van der Waals surface area (Å²) in [6.07, 6.45) is 0.990. The van der Waals surface area contributed by atoms with Gasteiger partial charge in [-0.1, -0.05) is 24.3 Å². The minimum atomic E-state index is 0.713. The lowest BCUT2D eigenvalue weighted by atomic mass is 10.1. The zero-order valence-electron chi connectivity index (χ0n) is 12.9. The number of benzene rings is 2. The zero-order valence-corrected chi connectivity index (χ0v) is 12.9. The van der Waals surface area contributed by atoms with Gasteiger partial charge in [-0.15, -0.1) is 0 Å². The Labute approximate surface area is 127 Å². The second kappa shape index (κ2) is 7.70. The molecule has 2 aromatic carbocycles. The predicted molar refractivity (Wildman–Crippen MR) is 88.9 cm³/mol. The van der Waals surface area contributed by atoms with E-state index in [0.29, 0.717) is 6.54 Å². The van der Waals surface area contributed by atoms with Gasteiger partial charge < -0.3 is 15.4 Å². The van der Waals surface area contributed by atoms with E-state index in [-0.39, 0.29) is 0 Å². The van der Waals surface area contributed by atoms with Crippen molar-refractivity contribution in [3.8, 4) is 5.75 Å². The van der Waals surface area contributed by atoms with Crippen LogP contribution >= 0.6 is 0 Å². The maximum atomic E-state index is 5.67. The highest BCUT2D eigenvalue weighted by atomic mass is 16.5. The Balaban J connectivity index is 2.15. The molecular weight excluding hydrogens is 260 g/mol. The first-order chi connectivity index (χ1) is 10.2. The van der Waals surface area contributed by atoms with E-state index in [9.17, 15) is 0 Å². The number of hydrogen-bond donors (Lipinski definition) is 1. The van der Waals surface area contributed by atoms with Crippen molar-refractivity contribution in [2.75, 3.05) is 25.1 Å². The molecule has 0 radical (unpaired) electrons. The van der Waals surface area contributed by atoms with Crippen molar-refractivity contribution in [1.29, 1.82) is 0 Å². The highest BCUT2D eigenvalue weighted by molar-refractivity contribution is 5.49. The molecule has 112 valence electrons. The summed E-state index contributed by atoms with van der Waals surface area (Å²) in [6.45, 7) is 4.68. The minimum absolute atomic E-state index is 0.713. The molecule has 2 aromatic rings. The van der Waals surface area contributed by atoms with Gasteiger partial charge in [0, 0.05) is 18.8 Å². The lowest BCUT2D eigenvalue weighted by molar-refractivity contribution is 0.414. The molecular formula is C18H24N2O. The zero-order chi connectivity index (χ0) is 15.1. The Hall–Kier alpha value is -2.00. The van der Waals surface area contributed by atoms with Crippen LogP contribution in [0.3, 0.4) is 0 Å². The third-order valence-electron chi connectivity index (χ3n) is 3.53. The fourth-order valence-corrected chi connectivity index (χ4v) is 2.36. The van der Waals surface area contributed by atoms with Crippen molar-refractivity contribution in [3.05, 3.63) is 59.7 Å². The number of hydrogen-bond acceptors (Lipinski definition) is 3. The van der Waals surface area contributed by atoms with Crippen molar-refractivity contribution < 1.29 is 4.74 Å². The summed E-state index contributed by atoms with van der Waals surface area (Å²) in [6, 6.07) is 16.9. The molecule has 0 aromatic heterocycles. The number of ether oxygens (including phenoxy) is 1. The van der Waals surface area contributed by atoms with Gasteiger partial charge in [-0.05, 0) is 55.3 Å². The molecule has 0 saturated heterocycles. The Morgan fingerprint density at radius 1 is 1.10 bits per heavy atom. The molecule has 0 aliphatic heterocycles. The van der Waals surface area contributed by atoms with Crippen LogP contribution in [0.25, 0.3) is 0 Å². The molecule has 21 heavy (non-hydrogen) atoms. The topological polar surface area (TPSA) is 38.5 Å². The fraction of sp³-hybridized carbons (Fsp3) is 0.333. The third kappa shape index (κ3) is 4.50. The molecule has 0 spiro atoms. The molecule has 0 unspecified atom stereocenters. The van der Waals surface area contributed by atoms with Crippen LogP contribution in [0.1, 0.15) is 17.5 Å². The Kier molecular flexibility index (Phi) is 5.64. The first-order valence-electron chi connectivity index (χ1n) is 7.37. The number of methoxy groups -OCH3 is 1. The Morgan fingerprint density at radius 2 is 1.86 bits per heavy atom. The first-order valence-corrected chi connectivity index (χ1v) is 7.37. The molecule has 0 atom stereocenters. The predicted octanol–water partition coefficient (Wildman–Crippen LogP) is 3.36. The summed E-state index contributed by atoms with van der Waals surface area (Å²) in [7, 11) is 1.69. The van der Waals surface area contributed by atoms with E-state index < -0.39 is 0 Å². The molecule has 3 heteroatoms. The summed E-state index contributed by atoms with van der Waals surface area (Å²) in [5, 5.41) is 0. The van der Waals surface area contributed by atoms with Gasteiger partial charge in [0.05, 0.1) is 7.11 Å². The number of aryl methyl sites for hydroxylation is 1. The van der Waals surface area contributed by atoms with Gasteiger partial charge in [0.25, 0.3) is 0 Å². The fourth-order valence-electron chi connectivity index (χ4n) is 2.36. The Morgan fingerprint density at radius 3 is 2.48 bits per heavy atom. The summed E-state index contributed by atoms with van der Waals surface area (Å²) in [5.41, 5.74) is 9.47. The average molecular weight is 284 g/mol. The smallest absolute Gasteiger partial charge is 0.118 e. The molecule has 2 rings (SSSR count). The third-order valence-corrected chi connectivity index (χ3v) is 3.53. The summed E-state index contributed by atoms with van der Waals surface area (Å²) in [5.74, 6) is 0.891. The van der Waals surface area contributed by atoms with Crippen molar-refractivity contribution in [2.45, 2.75) is 19.9 Å². The SMILES string of the molecule is COc1ccc(CN(CCCN)c2cccc(C)c2)cc1. The molecule has 0 amide bonds. The molecule has 0 bridgehead atoms. The van der Waals surface area contributed by atoms with Gasteiger partial charge in [0.1, 0.15) is 5.75 Å². The van der Waals surface area contributed by atoms with E-state index in [1.165, 1.54) is 16.8 Å². The second-order valence-electron chi connectivity index (χ2n) is 5.25. The number of nitrogens with zero attached hydrogens (tertiary/aromatic N) is 1. The van der Waals surface area contributed by atoms with Crippen LogP contribution < -0.4 is 15.4 Å². The minimum Gasteiger partial charge on any atom is -0.497 e. The van der Waals surface area contributed by atoms with Crippen LogP contribution in [0, 0.1) is 6.92 Å². The summed E-state index contributed by atoms with van der Waals surface area (Å²) < 4.78 is 5.21. The molecule has 0 aliphatic carbocycles. The van der Waals surface area contributed by atoms with Crippen molar-refractivity contribution in [2.24, 2.45) is 5.73 Å².